The first kappa shape index (κ1) is 20.1. The highest BCUT2D eigenvalue weighted by Gasteiger charge is 2.21. The van der Waals surface area contributed by atoms with Crippen molar-refractivity contribution in [3.63, 3.8) is 0 Å². The topological polar surface area (TPSA) is 98.5 Å². The summed E-state index contributed by atoms with van der Waals surface area (Å²) in [4.78, 5) is 12.3. The van der Waals surface area contributed by atoms with Crippen LogP contribution in [0.4, 0.5) is 0 Å². The van der Waals surface area contributed by atoms with Crippen LogP contribution in [0, 0.1) is 13.8 Å². The smallest absolute Gasteiger partial charge is 0.265 e. The largest absolute Gasteiger partial charge is 0.489 e. The Bertz CT molecular complexity index is 1090. The number of amides is 1. The van der Waals surface area contributed by atoms with Gasteiger partial charge in [0.15, 0.2) is 0 Å². The number of ether oxygens (including phenoxy) is 1. The van der Waals surface area contributed by atoms with Crippen molar-refractivity contribution in [1.29, 1.82) is 0 Å². The molecule has 3 aromatic rings. The van der Waals surface area contributed by atoms with Gasteiger partial charge in [-0.05, 0) is 66.2 Å². The summed E-state index contributed by atoms with van der Waals surface area (Å²) in [6.07, 6.45) is 0. The molecule has 1 amide bonds. The Morgan fingerprint density at radius 1 is 1.14 bits per heavy atom. The summed E-state index contributed by atoms with van der Waals surface area (Å²) >= 11 is 3.17. The van der Waals surface area contributed by atoms with E-state index >= 15 is 0 Å². The first-order valence-corrected chi connectivity index (χ1v) is 10.5. The highest BCUT2D eigenvalue weighted by Crippen LogP contribution is 2.22. The number of rotatable bonds is 6. The molecule has 0 aliphatic carbocycles. The van der Waals surface area contributed by atoms with Gasteiger partial charge in [0.1, 0.15) is 23.0 Å². The number of benzene rings is 2. The van der Waals surface area contributed by atoms with Gasteiger partial charge in [-0.3, -0.25) is 4.79 Å². The number of carbonyl (C=O) groups is 1. The second-order valence-corrected chi connectivity index (χ2v) is 8.49. The number of sulfonamides is 1. The molecule has 1 N–H and O–H groups in total. The zero-order valence-electron chi connectivity index (χ0n) is 15.1. The van der Waals surface area contributed by atoms with E-state index in [1.54, 1.807) is 37.3 Å². The lowest BCUT2D eigenvalue weighted by Gasteiger charge is -2.09. The molecule has 7 nitrogen and oxygen atoms in total. The highest BCUT2D eigenvalue weighted by atomic mass is 79.9. The average molecular weight is 465 g/mol. The average Bonchev–Trinajstić information content (AvgIpc) is 2.98. The number of carbonyl (C=O) groups excluding carboxylic acids is 1. The van der Waals surface area contributed by atoms with Gasteiger partial charge in [0.25, 0.3) is 15.9 Å². The summed E-state index contributed by atoms with van der Waals surface area (Å²) in [7, 11) is -3.99. The molecule has 146 valence electrons. The van der Waals surface area contributed by atoms with E-state index in [2.05, 4.69) is 25.8 Å². The lowest BCUT2D eigenvalue weighted by Crippen LogP contribution is -2.30. The molecule has 0 fully saturated rings. The van der Waals surface area contributed by atoms with E-state index in [0.717, 1.165) is 11.3 Å². The van der Waals surface area contributed by atoms with Gasteiger partial charge in [-0.2, -0.15) is 0 Å². The Labute approximate surface area is 170 Å². The molecule has 0 saturated carbocycles. The van der Waals surface area contributed by atoms with Crippen molar-refractivity contribution in [1.82, 2.24) is 9.88 Å². The maximum atomic E-state index is 12.4. The fraction of sp³-hybridized carbons (Fsp3) is 0.158. The van der Waals surface area contributed by atoms with Gasteiger partial charge in [-0.1, -0.05) is 17.3 Å². The molecule has 2 aromatic carbocycles. The summed E-state index contributed by atoms with van der Waals surface area (Å²) < 4.78 is 38.0. The third kappa shape index (κ3) is 4.42. The molecule has 0 spiro atoms. The first-order chi connectivity index (χ1) is 13.3. The third-order valence-corrected chi connectivity index (χ3v) is 6.38. The van der Waals surface area contributed by atoms with Crippen molar-refractivity contribution in [2.45, 2.75) is 25.3 Å². The van der Waals surface area contributed by atoms with E-state index in [1.165, 1.54) is 18.2 Å². The van der Waals surface area contributed by atoms with Crippen LogP contribution < -0.4 is 9.46 Å². The highest BCUT2D eigenvalue weighted by molar-refractivity contribution is 9.10. The molecule has 3 rings (SSSR count). The van der Waals surface area contributed by atoms with Crippen molar-refractivity contribution in [3.05, 3.63) is 75.6 Å². The quantitative estimate of drug-likeness (QED) is 0.596. The van der Waals surface area contributed by atoms with Crippen LogP contribution in [0.3, 0.4) is 0 Å². The molecule has 9 heteroatoms. The Kier molecular flexibility index (Phi) is 5.85. The van der Waals surface area contributed by atoms with Crippen molar-refractivity contribution >= 4 is 31.9 Å². The van der Waals surface area contributed by atoms with Crippen molar-refractivity contribution in [3.8, 4) is 5.75 Å². The normalized spacial score (nSPS) is 11.2. The van der Waals surface area contributed by atoms with E-state index in [9.17, 15) is 13.2 Å². The van der Waals surface area contributed by atoms with Gasteiger partial charge in [-0.15, -0.1) is 0 Å². The molecular weight excluding hydrogens is 448 g/mol. The van der Waals surface area contributed by atoms with Crippen molar-refractivity contribution < 1.29 is 22.5 Å². The Hall–Kier alpha value is -2.65. The maximum Gasteiger partial charge on any atom is 0.265 e. The molecule has 0 aliphatic rings. The van der Waals surface area contributed by atoms with Crippen LogP contribution in [0.5, 0.6) is 5.75 Å². The molecule has 0 radical (unpaired) electrons. The standard InChI is InChI=1S/C19H17BrN2O5S/c1-12-16(13(2)27-21-12)11-26-15-9-7-14(8-10-15)19(23)22-28(24,25)18-6-4-3-5-17(18)20/h3-10H,11H2,1-2H3,(H,22,23). The summed E-state index contributed by atoms with van der Waals surface area (Å²) in [5.41, 5.74) is 1.81. The Morgan fingerprint density at radius 3 is 2.43 bits per heavy atom. The minimum Gasteiger partial charge on any atom is -0.489 e. The van der Waals surface area contributed by atoms with Gasteiger partial charge in [0.05, 0.1) is 11.3 Å². The lowest BCUT2D eigenvalue weighted by molar-refractivity contribution is 0.0981. The predicted molar refractivity (Wildman–Crippen MR) is 106 cm³/mol. The van der Waals surface area contributed by atoms with Gasteiger partial charge in [0, 0.05) is 10.0 Å². The molecular formula is C19H17BrN2O5S. The number of halogens is 1. The first-order valence-electron chi connectivity index (χ1n) is 8.24. The minimum atomic E-state index is -3.99. The number of hydrogen-bond donors (Lipinski definition) is 1. The summed E-state index contributed by atoms with van der Waals surface area (Å²) in [6, 6.07) is 12.4. The summed E-state index contributed by atoms with van der Waals surface area (Å²) in [5, 5.41) is 3.86. The predicted octanol–water partition coefficient (Wildman–Crippen LogP) is 3.75. The lowest BCUT2D eigenvalue weighted by atomic mass is 10.2. The van der Waals surface area contributed by atoms with Crippen molar-refractivity contribution in [2.24, 2.45) is 0 Å². The zero-order chi connectivity index (χ0) is 20.3. The molecule has 1 aromatic heterocycles. The second-order valence-electron chi connectivity index (χ2n) is 5.98. The van der Waals surface area contributed by atoms with E-state index in [1.807, 2.05) is 6.92 Å². The van der Waals surface area contributed by atoms with E-state index in [0.29, 0.717) is 16.0 Å². The molecule has 1 heterocycles. The molecule has 0 saturated heterocycles. The SMILES string of the molecule is Cc1noc(C)c1COc1ccc(C(=O)NS(=O)(=O)c2ccccc2Br)cc1. The van der Waals surface area contributed by atoms with Crippen LogP contribution in [-0.2, 0) is 16.6 Å². The van der Waals surface area contributed by atoms with Crippen LogP contribution >= 0.6 is 15.9 Å². The molecule has 0 atom stereocenters. The van der Waals surface area contributed by atoms with Crippen LogP contribution in [0.15, 0.2) is 62.4 Å². The van der Waals surface area contributed by atoms with Gasteiger partial charge in [-0.25, -0.2) is 13.1 Å². The number of aromatic nitrogens is 1. The van der Waals surface area contributed by atoms with Gasteiger partial charge < -0.3 is 9.26 Å². The monoisotopic (exact) mass is 464 g/mol. The summed E-state index contributed by atoms with van der Waals surface area (Å²) in [5.74, 6) is 0.490. The molecule has 0 unspecified atom stereocenters. The minimum absolute atomic E-state index is 0.0113. The Balaban J connectivity index is 1.68. The van der Waals surface area contributed by atoms with E-state index in [-0.39, 0.29) is 17.1 Å². The maximum absolute atomic E-state index is 12.4. The molecule has 0 bridgehead atoms. The molecule has 28 heavy (non-hydrogen) atoms. The van der Waals surface area contributed by atoms with Gasteiger partial charge >= 0.3 is 0 Å². The number of nitrogens with one attached hydrogen (secondary N) is 1. The van der Waals surface area contributed by atoms with Crippen LogP contribution in [0.2, 0.25) is 0 Å². The number of aryl methyl sites for hydroxylation is 2. The number of hydrogen-bond acceptors (Lipinski definition) is 6. The number of nitrogens with zero attached hydrogens (tertiary/aromatic N) is 1. The van der Waals surface area contributed by atoms with Crippen LogP contribution in [0.1, 0.15) is 27.4 Å². The fourth-order valence-electron chi connectivity index (χ4n) is 2.46. The zero-order valence-corrected chi connectivity index (χ0v) is 17.5. The van der Waals surface area contributed by atoms with Crippen molar-refractivity contribution in [2.75, 3.05) is 0 Å². The van der Waals surface area contributed by atoms with E-state index < -0.39 is 15.9 Å². The van der Waals surface area contributed by atoms with Crippen LogP contribution in [0.25, 0.3) is 0 Å². The van der Waals surface area contributed by atoms with E-state index in [4.69, 9.17) is 9.26 Å². The summed E-state index contributed by atoms with van der Waals surface area (Å²) in [6.45, 7) is 3.91. The van der Waals surface area contributed by atoms with Crippen LogP contribution in [-0.4, -0.2) is 19.5 Å². The van der Waals surface area contributed by atoms with Gasteiger partial charge in [0.2, 0.25) is 0 Å². The second kappa shape index (κ2) is 8.15. The Morgan fingerprint density at radius 2 is 1.82 bits per heavy atom. The fourth-order valence-corrected chi connectivity index (χ4v) is 4.44. The third-order valence-electron chi connectivity index (χ3n) is 4.03. The molecule has 0 aliphatic heterocycles.